The molecule has 4 saturated carbocycles. The Balaban J connectivity index is 1.41. The van der Waals surface area contributed by atoms with Crippen LogP contribution in [0.5, 0.6) is 11.5 Å². The Morgan fingerprint density at radius 2 is 1.65 bits per heavy atom. The highest BCUT2D eigenvalue weighted by Crippen LogP contribution is 2.62. The highest BCUT2D eigenvalue weighted by molar-refractivity contribution is 5.85. The largest absolute Gasteiger partial charge is 0.496 e. The fourth-order valence-electron chi connectivity index (χ4n) is 7.35. The first-order chi connectivity index (χ1) is 18.0. The average molecular weight is 497 g/mol. The number of nitrogens with zero attached hydrogens (tertiary/aromatic N) is 2. The molecule has 4 aliphatic carbocycles. The number of aliphatic carboxylic acids is 1. The van der Waals surface area contributed by atoms with Crippen LogP contribution in [0.25, 0.3) is 17.5 Å². The van der Waals surface area contributed by atoms with Crippen molar-refractivity contribution in [2.45, 2.75) is 50.5 Å². The fourth-order valence-corrected chi connectivity index (χ4v) is 7.35. The van der Waals surface area contributed by atoms with Crippen molar-refractivity contribution in [1.29, 1.82) is 0 Å². The van der Waals surface area contributed by atoms with Crippen molar-refractivity contribution in [1.82, 2.24) is 9.97 Å². The molecule has 4 fully saturated rings. The Morgan fingerprint density at radius 3 is 2.24 bits per heavy atom. The zero-order chi connectivity index (χ0) is 25.4. The maximum absolute atomic E-state index is 10.9. The molecule has 0 saturated heterocycles. The first kappa shape index (κ1) is 23.7. The van der Waals surface area contributed by atoms with Crippen molar-refractivity contribution in [3.8, 4) is 22.9 Å². The highest BCUT2D eigenvalue weighted by atomic mass is 16.5. The van der Waals surface area contributed by atoms with Gasteiger partial charge in [-0.1, -0.05) is 30.3 Å². The molecule has 0 aliphatic heterocycles. The first-order valence-corrected chi connectivity index (χ1v) is 13.1. The van der Waals surface area contributed by atoms with Crippen molar-refractivity contribution in [3.05, 3.63) is 77.6 Å². The molecule has 1 aromatic heterocycles. The van der Waals surface area contributed by atoms with Gasteiger partial charge in [0, 0.05) is 35.7 Å². The number of rotatable bonds is 8. The SMILES string of the molecule is COc1cc(OCc2ccccc2)c(C23CC4CC(CC(C4)C2)C3)cc1-c1ncc(C=CC(=O)O)cn1. The van der Waals surface area contributed by atoms with Crippen LogP contribution in [0, 0.1) is 17.8 Å². The second-order valence-electron chi connectivity index (χ2n) is 11.0. The van der Waals surface area contributed by atoms with Crippen molar-refractivity contribution in [3.63, 3.8) is 0 Å². The van der Waals surface area contributed by atoms with Crippen LogP contribution in [-0.4, -0.2) is 28.2 Å². The lowest BCUT2D eigenvalue weighted by molar-refractivity contribution is -0.131. The van der Waals surface area contributed by atoms with Gasteiger partial charge in [0.05, 0.1) is 12.7 Å². The number of aromatic nitrogens is 2. The predicted octanol–water partition coefficient (Wildman–Crippen LogP) is 6.30. The molecule has 7 rings (SSSR count). The topological polar surface area (TPSA) is 81.5 Å². The minimum Gasteiger partial charge on any atom is -0.496 e. The number of ether oxygens (including phenoxy) is 2. The third-order valence-corrected chi connectivity index (χ3v) is 8.48. The van der Waals surface area contributed by atoms with E-state index in [0.717, 1.165) is 40.7 Å². The lowest BCUT2D eigenvalue weighted by Crippen LogP contribution is -2.48. The monoisotopic (exact) mass is 496 g/mol. The second kappa shape index (κ2) is 9.66. The Morgan fingerprint density at radius 1 is 1.00 bits per heavy atom. The number of carbonyl (C=O) groups is 1. The van der Waals surface area contributed by atoms with Gasteiger partial charge in [0.2, 0.25) is 0 Å². The molecule has 1 N–H and O–H groups in total. The van der Waals surface area contributed by atoms with Crippen molar-refractivity contribution in [2.24, 2.45) is 17.8 Å². The van der Waals surface area contributed by atoms with E-state index in [1.165, 1.54) is 50.2 Å². The normalized spacial score (nSPS) is 25.9. The van der Waals surface area contributed by atoms with Crippen LogP contribution in [0.2, 0.25) is 0 Å². The molecule has 0 radical (unpaired) electrons. The van der Waals surface area contributed by atoms with Crippen molar-refractivity contribution >= 4 is 12.0 Å². The van der Waals surface area contributed by atoms with E-state index in [-0.39, 0.29) is 5.41 Å². The molecule has 6 heteroatoms. The molecular formula is C31H32N2O4. The molecule has 0 atom stereocenters. The van der Waals surface area contributed by atoms with Gasteiger partial charge < -0.3 is 14.6 Å². The Bertz CT molecular complexity index is 1280. The summed E-state index contributed by atoms with van der Waals surface area (Å²) in [7, 11) is 1.66. The summed E-state index contributed by atoms with van der Waals surface area (Å²) >= 11 is 0. The number of methoxy groups -OCH3 is 1. The zero-order valence-corrected chi connectivity index (χ0v) is 21.1. The third kappa shape index (κ3) is 4.73. The number of carboxylic acids is 1. The van der Waals surface area contributed by atoms with E-state index in [1.54, 1.807) is 19.5 Å². The molecule has 3 aromatic rings. The summed E-state index contributed by atoms with van der Waals surface area (Å²) in [6, 6.07) is 14.5. The molecule has 37 heavy (non-hydrogen) atoms. The van der Waals surface area contributed by atoms with Gasteiger partial charge in [-0.25, -0.2) is 14.8 Å². The standard InChI is InChI=1S/C31H32N2O4/c1-36-27-13-28(37-19-20-5-3-2-4-6-20)26(31-14-22-9-23(15-31)11-24(10-22)16-31)12-25(27)30-32-17-21(18-33-30)7-8-29(34)35/h2-8,12-13,17-18,22-24H,9-11,14-16,19H2,1H3,(H,34,35). The lowest BCUT2D eigenvalue weighted by Gasteiger charge is -2.57. The molecule has 1 heterocycles. The minimum absolute atomic E-state index is 0.117. The molecule has 6 nitrogen and oxygen atoms in total. The molecule has 0 unspecified atom stereocenters. The van der Waals surface area contributed by atoms with Crippen LogP contribution in [0.1, 0.15) is 55.2 Å². The summed E-state index contributed by atoms with van der Waals surface area (Å²) in [6.07, 6.45) is 13.6. The van der Waals surface area contributed by atoms with Gasteiger partial charge in [-0.05, 0) is 79.4 Å². The summed E-state index contributed by atoms with van der Waals surface area (Å²) in [6.45, 7) is 0.504. The third-order valence-electron chi connectivity index (χ3n) is 8.48. The van der Waals surface area contributed by atoms with Gasteiger partial charge >= 0.3 is 5.97 Å². The quantitative estimate of drug-likeness (QED) is 0.369. The number of hydrogen-bond acceptors (Lipinski definition) is 5. The smallest absolute Gasteiger partial charge is 0.328 e. The van der Waals surface area contributed by atoms with Crippen molar-refractivity contribution < 1.29 is 19.4 Å². The van der Waals surface area contributed by atoms with Gasteiger partial charge in [0.15, 0.2) is 5.82 Å². The summed E-state index contributed by atoms with van der Waals surface area (Å²) in [5.41, 5.74) is 3.99. The first-order valence-electron chi connectivity index (χ1n) is 13.1. The highest BCUT2D eigenvalue weighted by Gasteiger charge is 2.52. The molecule has 0 amide bonds. The Kier molecular flexibility index (Phi) is 6.19. The zero-order valence-electron chi connectivity index (χ0n) is 21.1. The summed E-state index contributed by atoms with van der Waals surface area (Å²) in [5.74, 6) is 3.53. The van der Waals surface area contributed by atoms with E-state index < -0.39 is 5.97 Å². The van der Waals surface area contributed by atoms with Gasteiger partial charge in [0.1, 0.15) is 18.1 Å². The Hall–Kier alpha value is -3.67. The average Bonchev–Trinajstić information content (AvgIpc) is 2.90. The summed E-state index contributed by atoms with van der Waals surface area (Å²) in [4.78, 5) is 20.0. The van der Waals surface area contributed by atoms with Gasteiger partial charge in [-0.15, -0.1) is 0 Å². The minimum atomic E-state index is -1.00. The molecule has 4 bridgehead atoms. The molecule has 2 aromatic carbocycles. The van der Waals surface area contributed by atoms with Crippen molar-refractivity contribution in [2.75, 3.05) is 7.11 Å². The predicted molar refractivity (Wildman–Crippen MR) is 141 cm³/mol. The van der Waals surface area contributed by atoms with Gasteiger partial charge in [-0.2, -0.15) is 0 Å². The molecule has 0 spiro atoms. The van der Waals surface area contributed by atoms with Gasteiger partial charge in [0.25, 0.3) is 0 Å². The lowest BCUT2D eigenvalue weighted by atomic mass is 9.48. The summed E-state index contributed by atoms with van der Waals surface area (Å²) in [5, 5.41) is 8.91. The molecule has 4 aliphatic rings. The van der Waals surface area contributed by atoms with Crippen LogP contribution < -0.4 is 9.47 Å². The second-order valence-corrected chi connectivity index (χ2v) is 11.0. The van der Waals surface area contributed by atoms with Crippen LogP contribution in [0.3, 0.4) is 0 Å². The number of benzene rings is 2. The van der Waals surface area contributed by atoms with Crippen LogP contribution in [-0.2, 0) is 16.8 Å². The molecular weight excluding hydrogens is 464 g/mol. The van der Waals surface area contributed by atoms with Gasteiger partial charge in [-0.3, -0.25) is 0 Å². The van der Waals surface area contributed by atoms with Crippen LogP contribution >= 0.6 is 0 Å². The van der Waals surface area contributed by atoms with E-state index in [1.807, 2.05) is 24.3 Å². The number of hydrogen-bond donors (Lipinski definition) is 1. The van der Waals surface area contributed by atoms with E-state index in [9.17, 15) is 4.79 Å². The maximum atomic E-state index is 10.9. The summed E-state index contributed by atoms with van der Waals surface area (Å²) < 4.78 is 12.4. The van der Waals surface area contributed by atoms with Crippen LogP contribution in [0.15, 0.2) is 60.9 Å². The Labute approximate surface area is 217 Å². The van der Waals surface area contributed by atoms with E-state index in [2.05, 4.69) is 28.2 Å². The van der Waals surface area contributed by atoms with Crippen LogP contribution in [0.4, 0.5) is 0 Å². The van der Waals surface area contributed by atoms with E-state index in [4.69, 9.17) is 14.6 Å². The maximum Gasteiger partial charge on any atom is 0.328 e. The number of carboxylic acid groups (broad SMARTS) is 1. The van der Waals surface area contributed by atoms with E-state index in [0.29, 0.717) is 23.7 Å². The fraction of sp³-hybridized carbons (Fsp3) is 0.387. The van der Waals surface area contributed by atoms with E-state index >= 15 is 0 Å². The molecule has 190 valence electrons.